The van der Waals surface area contributed by atoms with Crippen LogP contribution in [0.2, 0.25) is 0 Å². The van der Waals surface area contributed by atoms with Crippen molar-refractivity contribution in [2.75, 3.05) is 0 Å². The molecule has 0 radical (unpaired) electrons. The van der Waals surface area contributed by atoms with Crippen LogP contribution in [0.15, 0.2) is 23.8 Å². The number of ketones is 2. The van der Waals surface area contributed by atoms with E-state index in [0.717, 1.165) is 38.5 Å². The van der Waals surface area contributed by atoms with Crippen molar-refractivity contribution < 1.29 is 9.59 Å². The van der Waals surface area contributed by atoms with Crippen LogP contribution in [0.1, 0.15) is 71.6 Å². The zero-order chi connectivity index (χ0) is 15.9. The van der Waals surface area contributed by atoms with E-state index in [1.807, 2.05) is 0 Å². The van der Waals surface area contributed by atoms with Gasteiger partial charge >= 0.3 is 0 Å². The topological polar surface area (TPSA) is 34.1 Å². The van der Waals surface area contributed by atoms with Gasteiger partial charge in [0.05, 0.1) is 0 Å². The summed E-state index contributed by atoms with van der Waals surface area (Å²) < 4.78 is 0. The second-order valence-electron chi connectivity index (χ2n) is 5.44. The Bertz CT molecular complexity index is 408. The lowest BCUT2D eigenvalue weighted by atomic mass is 10.1. The molecule has 2 heteroatoms. The average molecular weight is 288 g/mol. The first kappa shape index (κ1) is 19.4. The normalized spacial score (nSPS) is 11.6. The Morgan fingerprint density at radius 1 is 0.952 bits per heavy atom. The molecule has 0 aliphatic rings. The number of allylic oxidation sites excluding steroid dienone is 4. The van der Waals surface area contributed by atoms with Crippen molar-refractivity contribution in [2.45, 2.75) is 71.6 Å². The Hall–Kier alpha value is -1.62. The van der Waals surface area contributed by atoms with E-state index in [1.165, 1.54) is 12.5 Å². The first-order chi connectivity index (χ1) is 10.1. The van der Waals surface area contributed by atoms with E-state index >= 15 is 0 Å². The van der Waals surface area contributed by atoms with Crippen LogP contribution in [-0.2, 0) is 9.59 Å². The third-order valence-corrected chi connectivity index (χ3v) is 3.24. The number of carbonyl (C=O) groups excluding carboxylic acids is 2. The molecule has 0 fully saturated rings. The highest BCUT2D eigenvalue weighted by Crippen LogP contribution is 2.08. The highest BCUT2D eigenvalue weighted by Gasteiger charge is 2.02. The smallest absolute Gasteiger partial charge is 0.133 e. The van der Waals surface area contributed by atoms with Gasteiger partial charge in [0.15, 0.2) is 0 Å². The predicted molar refractivity (Wildman–Crippen MR) is 89.0 cm³/mol. The highest BCUT2D eigenvalue weighted by molar-refractivity contribution is 5.84. The monoisotopic (exact) mass is 288 g/mol. The molecule has 0 rings (SSSR count). The first-order valence-corrected chi connectivity index (χ1v) is 7.81. The molecule has 0 aliphatic carbocycles. The number of hydrogen-bond acceptors (Lipinski definition) is 2. The number of unbranched alkanes of at least 4 members (excludes halogenated alkanes) is 2. The van der Waals surface area contributed by atoms with Crippen LogP contribution in [0.4, 0.5) is 0 Å². The summed E-state index contributed by atoms with van der Waals surface area (Å²) in [5.74, 6) is 2.92. The van der Waals surface area contributed by atoms with Crippen LogP contribution >= 0.6 is 0 Å². The molecule has 0 spiro atoms. The first-order valence-electron chi connectivity index (χ1n) is 7.81. The van der Waals surface area contributed by atoms with Crippen LogP contribution in [0.5, 0.6) is 0 Å². The van der Waals surface area contributed by atoms with Crippen LogP contribution < -0.4 is 0 Å². The van der Waals surface area contributed by atoms with E-state index < -0.39 is 0 Å². The van der Waals surface area contributed by atoms with E-state index in [2.05, 4.69) is 31.1 Å². The lowest BCUT2D eigenvalue weighted by Crippen LogP contribution is -2.00. The molecular formula is C19H28O2. The van der Waals surface area contributed by atoms with Crippen molar-refractivity contribution in [2.24, 2.45) is 0 Å². The molecule has 0 heterocycles. The minimum Gasteiger partial charge on any atom is -0.300 e. The van der Waals surface area contributed by atoms with E-state index in [-0.39, 0.29) is 11.6 Å². The summed E-state index contributed by atoms with van der Waals surface area (Å²) in [6.45, 7) is 3.66. The van der Waals surface area contributed by atoms with Crippen molar-refractivity contribution in [3.63, 3.8) is 0 Å². The largest absolute Gasteiger partial charge is 0.300 e. The standard InChI is InChI=1S/C19H28O2/c1-4-5-9-12-17(2)13-10-7-6-8-11-14-19(21)16-15-18(3)20/h1,6-7,12H,5,8-11,13-16H2,2-3H3. The quantitative estimate of drug-likeness (QED) is 0.294. The van der Waals surface area contributed by atoms with Gasteiger partial charge in [-0.3, -0.25) is 4.79 Å². The van der Waals surface area contributed by atoms with Gasteiger partial charge in [0, 0.05) is 25.7 Å². The van der Waals surface area contributed by atoms with Crippen molar-refractivity contribution in [3.05, 3.63) is 23.8 Å². The maximum atomic E-state index is 11.5. The molecule has 0 aliphatic heterocycles. The second-order valence-corrected chi connectivity index (χ2v) is 5.44. The summed E-state index contributed by atoms with van der Waals surface area (Å²) in [6, 6.07) is 0. The van der Waals surface area contributed by atoms with Crippen molar-refractivity contribution in [1.29, 1.82) is 0 Å². The van der Waals surface area contributed by atoms with Crippen molar-refractivity contribution in [3.8, 4) is 12.3 Å². The zero-order valence-electron chi connectivity index (χ0n) is 13.5. The molecule has 0 bridgehead atoms. The van der Waals surface area contributed by atoms with Crippen LogP contribution in [0.25, 0.3) is 0 Å². The number of hydrogen-bond donors (Lipinski definition) is 0. The number of terminal acetylenes is 1. The van der Waals surface area contributed by atoms with Gasteiger partial charge < -0.3 is 4.79 Å². The van der Waals surface area contributed by atoms with Gasteiger partial charge in [-0.25, -0.2) is 0 Å². The van der Waals surface area contributed by atoms with Crippen molar-refractivity contribution in [1.82, 2.24) is 0 Å². The Morgan fingerprint density at radius 3 is 2.33 bits per heavy atom. The molecule has 0 atom stereocenters. The maximum Gasteiger partial charge on any atom is 0.133 e. The van der Waals surface area contributed by atoms with Crippen LogP contribution in [0.3, 0.4) is 0 Å². The summed E-state index contributed by atoms with van der Waals surface area (Å²) in [5.41, 5.74) is 1.38. The molecular weight excluding hydrogens is 260 g/mol. The lowest BCUT2D eigenvalue weighted by molar-refractivity contribution is -0.123. The van der Waals surface area contributed by atoms with Gasteiger partial charge in [0.1, 0.15) is 11.6 Å². The average Bonchev–Trinajstić information content (AvgIpc) is 2.44. The van der Waals surface area contributed by atoms with Crippen molar-refractivity contribution >= 4 is 11.6 Å². The lowest BCUT2D eigenvalue weighted by Gasteiger charge is -1.98. The van der Waals surface area contributed by atoms with Gasteiger partial charge in [-0.1, -0.05) is 23.8 Å². The molecule has 0 unspecified atom stereocenters. The summed E-state index contributed by atoms with van der Waals surface area (Å²) in [6.07, 6.45) is 18.8. The molecule has 0 saturated carbocycles. The van der Waals surface area contributed by atoms with Crippen LogP contribution in [0, 0.1) is 12.3 Å². The number of rotatable bonds is 12. The van der Waals surface area contributed by atoms with E-state index in [0.29, 0.717) is 19.3 Å². The summed E-state index contributed by atoms with van der Waals surface area (Å²) in [7, 11) is 0. The van der Waals surface area contributed by atoms with Gasteiger partial charge in [-0.05, 0) is 46.0 Å². The molecule has 0 aromatic heterocycles. The van der Waals surface area contributed by atoms with Gasteiger partial charge in [0.25, 0.3) is 0 Å². The van der Waals surface area contributed by atoms with Gasteiger partial charge in [-0.2, -0.15) is 0 Å². The molecule has 0 aromatic carbocycles. The summed E-state index contributed by atoms with van der Waals surface area (Å²) in [5, 5.41) is 0. The van der Waals surface area contributed by atoms with Gasteiger partial charge in [0.2, 0.25) is 0 Å². The van der Waals surface area contributed by atoms with E-state index in [9.17, 15) is 9.59 Å². The maximum absolute atomic E-state index is 11.5. The minimum absolute atomic E-state index is 0.0916. The second kappa shape index (κ2) is 13.4. The summed E-state index contributed by atoms with van der Waals surface area (Å²) >= 11 is 0. The number of Topliss-reactive ketones (excluding diaryl/α,β-unsaturated/α-hetero) is 2. The Balaban J connectivity index is 3.56. The molecule has 21 heavy (non-hydrogen) atoms. The Morgan fingerprint density at radius 2 is 1.67 bits per heavy atom. The van der Waals surface area contributed by atoms with E-state index in [4.69, 9.17) is 6.42 Å². The fourth-order valence-corrected chi connectivity index (χ4v) is 1.91. The molecule has 2 nitrogen and oxygen atoms in total. The minimum atomic E-state index is 0.0916. The third kappa shape index (κ3) is 14.6. The van der Waals surface area contributed by atoms with Gasteiger partial charge in [-0.15, -0.1) is 12.3 Å². The molecule has 116 valence electrons. The Kier molecular flexibility index (Phi) is 12.3. The Labute approximate surface area is 129 Å². The zero-order valence-corrected chi connectivity index (χ0v) is 13.5. The molecule has 0 aromatic rings. The fraction of sp³-hybridized carbons (Fsp3) is 0.579. The third-order valence-electron chi connectivity index (χ3n) is 3.24. The molecule has 0 saturated heterocycles. The summed E-state index contributed by atoms with van der Waals surface area (Å²) in [4.78, 5) is 22.2. The highest BCUT2D eigenvalue weighted by atomic mass is 16.1. The number of carbonyl (C=O) groups is 2. The van der Waals surface area contributed by atoms with E-state index in [1.54, 1.807) is 0 Å². The SMILES string of the molecule is C#CCCC=C(C)CCC=CCCCC(=O)CCC(C)=O. The fourth-order valence-electron chi connectivity index (χ4n) is 1.91. The molecule has 0 amide bonds. The van der Waals surface area contributed by atoms with Crippen LogP contribution in [-0.4, -0.2) is 11.6 Å². The predicted octanol–water partition coefficient (Wildman–Crippen LogP) is 4.79. The molecule has 0 N–H and O–H groups in total.